The molecule has 6 nitrogen and oxygen atoms in total. The monoisotopic (exact) mass is 387 g/mol. The molecule has 0 aliphatic rings. The maximum atomic E-state index is 11.8. The summed E-state index contributed by atoms with van der Waals surface area (Å²) >= 11 is 5.80. The number of aliphatic imine (C=N–C) groups is 1. The lowest BCUT2D eigenvalue weighted by Crippen LogP contribution is -2.38. The van der Waals surface area contributed by atoms with Crippen LogP contribution < -0.4 is 16.0 Å². The number of halogens is 1. The van der Waals surface area contributed by atoms with Gasteiger partial charge in [-0.25, -0.2) is 9.98 Å². The minimum Gasteiger partial charge on any atom is -0.357 e. The highest BCUT2D eigenvalue weighted by Gasteiger charge is 2.04. The summed E-state index contributed by atoms with van der Waals surface area (Å²) in [5.74, 6) is 0.700. The van der Waals surface area contributed by atoms with Gasteiger partial charge in [-0.1, -0.05) is 29.8 Å². The van der Waals surface area contributed by atoms with E-state index in [0.717, 1.165) is 36.6 Å². The van der Waals surface area contributed by atoms with Gasteiger partial charge in [0, 0.05) is 31.4 Å². The molecule has 2 aromatic rings. The number of nitrogens with zero attached hydrogens (tertiary/aromatic N) is 2. The molecule has 144 valence electrons. The Kier molecular flexibility index (Phi) is 8.58. The van der Waals surface area contributed by atoms with E-state index in [0.29, 0.717) is 23.8 Å². The number of amides is 1. The quantitative estimate of drug-likeness (QED) is 0.369. The minimum absolute atomic E-state index is 0.0563. The second kappa shape index (κ2) is 11.2. The Morgan fingerprint density at radius 1 is 1.00 bits per heavy atom. The number of hydrogen-bond donors (Lipinski definition) is 3. The van der Waals surface area contributed by atoms with Gasteiger partial charge in [0.15, 0.2) is 5.96 Å². The summed E-state index contributed by atoms with van der Waals surface area (Å²) in [7, 11) is 0. The maximum Gasteiger partial charge on any atom is 0.251 e. The maximum absolute atomic E-state index is 11.8. The van der Waals surface area contributed by atoms with Crippen molar-refractivity contribution in [2.75, 3.05) is 19.6 Å². The number of nitrogens with one attached hydrogen (secondary N) is 3. The zero-order valence-electron chi connectivity index (χ0n) is 15.8. The summed E-state index contributed by atoms with van der Waals surface area (Å²) in [5, 5.41) is 9.84. The molecule has 7 heteroatoms. The zero-order valence-corrected chi connectivity index (χ0v) is 16.5. The molecule has 1 aromatic carbocycles. The summed E-state index contributed by atoms with van der Waals surface area (Å²) in [4.78, 5) is 20.5. The van der Waals surface area contributed by atoms with E-state index in [1.165, 1.54) is 0 Å². The molecule has 3 N–H and O–H groups in total. The van der Waals surface area contributed by atoms with Gasteiger partial charge in [0.25, 0.3) is 5.91 Å². The first-order valence-electron chi connectivity index (χ1n) is 9.12. The summed E-state index contributed by atoms with van der Waals surface area (Å²) in [6, 6.07) is 11.3. The Bertz CT molecular complexity index is 744. The van der Waals surface area contributed by atoms with E-state index in [-0.39, 0.29) is 5.91 Å². The van der Waals surface area contributed by atoms with Crippen molar-refractivity contribution in [2.45, 2.75) is 26.8 Å². The molecule has 0 radical (unpaired) electrons. The third kappa shape index (κ3) is 7.27. The average Bonchev–Trinajstić information content (AvgIpc) is 2.68. The van der Waals surface area contributed by atoms with E-state index in [1.807, 2.05) is 44.2 Å². The SMILES string of the molecule is CCNC(=O)c1ccc(CN=C(NCC)NCCc2ccc(Cl)nc2)cc1. The Balaban J connectivity index is 1.88. The van der Waals surface area contributed by atoms with Crippen LogP contribution in [0.15, 0.2) is 47.6 Å². The van der Waals surface area contributed by atoms with Gasteiger partial charge < -0.3 is 16.0 Å². The van der Waals surface area contributed by atoms with Crippen LogP contribution in [-0.2, 0) is 13.0 Å². The normalized spacial score (nSPS) is 11.1. The third-order valence-corrected chi connectivity index (χ3v) is 4.04. The Labute approximate surface area is 165 Å². The van der Waals surface area contributed by atoms with Crippen molar-refractivity contribution in [3.8, 4) is 0 Å². The zero-order chi connectivity index (χ0) is 19.5. The topological polar surface area (TPSA) is 78.4 Å². The molecule has 0 fully saturated rings. The molecule has 0 spiro atoms. The second-order valence-corrected chi connectivity index (χ2v) is 6.30. The number of hydrogen-bond acceptors (Lipinski definition) is 3. The highest BCUT2D eigenvalue weighted by atomic mass is 35.5. The Morgan fingerprint density at radius 2 is 1.70 bits per heavy atom. The first-order chi connectivity index (χ1) is 13.1. The molecule has 27 heavy (non-hydrogen) atoms. The first-order valence-corrected chi connectivity index (χ1v) is 9.50. The number of benzene rings is 1. The molecular weight excluding hydrogens is 362 g/mol. The van der Waals surface area contributed by atoms with Gasteiger partial charge in [-0.2, -0.15) is 0 Å². The van der Waals surface area contributed by atoms with Gasteiger partial charge in [0.1, 0.15) is 5.15 Å². The highest BCUT2D eigenvalue weighted by molar-refractivity contribution is 6.29. The summed E-state index contributed by atoms with van der Waals surface area (Å²) < 4.78 is 0. The van der Waals surface area contributed by atoms with Crippen LogP contribution in [0.2, 0.25) is 5.15 Å². The molecule has 1 heterocycles. The van der Waals surface area contributed by atoms with Crippen LogP contribution in [0.1, 0.15) is 35.3 Å². The number of aromatic nitrogens is 1. The molecule has 0 atom stereocenters. The van der Waals surface area contributed by atoms with E-state index in [2.05, 4.69) is 25.9 Å². The van der Waals surface area contributed by atoms with Crippen LogP contribution in [0.3, 0.4) is 0 Å². The van der Waals surface area contributed by atoms with Crippen molar-refractivity contribution in [3.05, 3.63) is 64.4 Å². The highest BCUT2D eigenvalue weighted by Crippen LogP contribution is 2.07. The van der Waals surface area contributed by atoms with Crippen LogP contribution in [-0.4, -0.2) is 36.5 Å². The average molecular weight is 388 g/mol. The van der Waals surface area contributed by atoms with Crippen LogP contribution in [0.4, 0.5) is 0 Å². The number of guanidine groups is 1. The van der Waals surface area contributed by atoms with E-state index in [4.69, 9.17) is 11.6 Å². The number of pyridine rings is 1. The lowest BCUT2D eigenvalue weighted by Gasteiger charge is -2.11. The summed E-state index contributed by atoms with van der Waals surface area (Å²) in [6.45, 7) is 6.61. The van der Waals surface area contributed by atoms with Gasteiger partial charge in [0.2, 0.25) is 0 Å². The fourth-order valence-corrected chi connectivity index (χ4v) is 2.53. The second-order valence-electron chi connectivity index (χ2n) is 5.92. The van der Waals surface area contributed by atoms with Crippen molar-refractivity contribution in [3.63, 3.8) is 0 Å². The standard InChI is InChI=1S/C20H26ClN5O/c1-3-22-19(27)17-8-5-15(6-9-17)14-26-20(23-4-2)24-12-11-16-7-10-18(21)25-13-16/h5-10,13H,3-4,11-12,14H2,1-2H3,(H,22,27)(H2,23,24,26). The molecule has 1 aromatic heterocycles. The van der Waals surface area contributed by atoms with Crippen molar-refractivity contribution in [2.24, 2.45) is 4.99 Å². The predicted octanol–water partition coefficient (Wildman–Crippen LogP) is 2.78. The van der Waals surface area contributed by atoms with Gasteiger partial charge in [-0.05, 0) is 49.6 Å². The molecule has 0 saturated heterocycles. The van der Waals surface area contributed by atoms with Crippen molar-refractivity contribution < 1.29 is 4.79 Å². The summed E-state index contributed by atoms with van der Waals surface area (Å²) in [5.41, 5.74) is 2.82. The molecule has 1 amide bonds. The van der Waals surface area contributed by atoms with E-state index in [9.17, 15) is 4.79 Å². The van der Waals surface area contributed by atoms with E-state index < -0.39 is 0 Å². The summed E-state index contributed by atoms with van der Waals surface area (Å²) in [6.07, 6.45) is 2.61. The molecule has 0 saturated carbocycles. The van der Waals surface area contributed by atoms with Gasteiger partial charge in [0.05, 0.1) is 6.54 Å². The largest absolute Gasteiger partial charge is 0.357 e. The van der Waals surface area contributed by atoms with Gasteiger partial charge >= 0.3 is 0 Å². The Hall–Kier alpha value is -2.60. The van der Waals surface area contributed by atoms with E-state index in [1.54, 1.807) is 12.3 Å². The van der Waals surface area contributed by atoms with Crippen LogP contribution in [0.5, 0.6) is 0 Å². The number of carbonyl (C=O) groups is 1. The lowest BCUT2D eigenvalue weighted by molar-refractivity contribution is 0.0956. The van der Waals surface area contributed by atoms with Crippen LogP contribution in [0, 0.1) is 0 Å². The molecular formula is C20H26ClN5O. The van der Waals surface area contributed by atoms with Crippen molar-refractivity contribution in [1.29, 1.82) is 0 Å². The third-order valence-electron chi connectivity index (χ3n) is 3.81. The lowest BCUT2D eigenvalue weighted by atomic mass is 10.1. The van der Waals surface area contributed by atoms with Gasteiger partial charge in [-0.3, -0.25) is 4.79 Å². The molecule has 2 rings (SSSR count). The fourth-order valence-electron chi connectivity index (χ4n) is 2.42. The Morgan fingerprint density at radius 3 is 2.33 bits per heavy atom. The fraction of sp³-hybridized carbons (Fsp3) is 0.350. The van der Waals surface area contributed by atoms with Crippen LogP contribution in [0.25, 0.3) is 0 Å². The molecule has 0 aliphatic carbocycles. The van der Waals surface area contributed by atoms with Crippen molar-refractivity contribution >= 4 is 23.5 Å². The predicted molar refractivity (Wildman–Crippen MR) is 110 cm³/mol. The minimum atomic E-state index is -0.0563. The molecule has 0 bridgehead atoms. The number of carbonyl (C=O) groups excluding carboxylic acids is 1. The van der Waals surface area contributed by atoms with E-state index >= 15 is 0 Å². The molecule has 0 aliphatic heterocycles. The van der Waals surface area contributed by atoms with Crippen molar-refractivity contribution in [1.82, 2.24) is 20.9 Å². The number of rotatable bonds is 8. The van der Waals surface area contributed by atoms with Crippen LogP contribution >= 0.6 is 11.6 Å². The van der Waals surface area contributed by atoms with Gasteiger partial charge in [-0.15, -0.1) is 0 Å². The first kappa shape index (κ1) is 20.7. The smallest absolute Gasteiger partial charge is 0.251 e. The molecule has 0 unspecified atom stereocenters.